The number of ether oxygens (including phenoxy) is 1. The lowest BCUT2D eigenvalue weighted by Crippen LogP contribution is -2.48. The molecule has 0 spiro atoms. The maximum Gasteiger partial charge on any atom is 0.207 e. The van der Waals surface area contributed by atoms with Crippen LogP contribution in [0.1, 0.15) is 42.9 Å². The molecule has 7 nitrogen and oxygen atoms in total. The summed E-state index contributed by atoms with van der Waals surface area (Å²) in [5.41, 5.74) is 4.22. The molecular formula is C38H43N5O2. The Bertz CT molecular complexity index is 1700. The first-order valence-corrected chi connectivity index (χ1v) is 15.8. The highest BCUT2D eigenvalue weighted by atomic mass is 16.5. The van der Waals surface area contributed by atoms with E-state index >= 15 is 0 Å². The Hall–Kier alpha value is -4.75. The maximum absolute atomic E-state index is 11.7. The highest BCUT2D eigenvalue weighted by Gasteiger charge is 2.25. The van der Waals surface area contributed by atoms with Gasteiger partial charge in [-0.1, -0.05) is 97.9 Å². The number of nitrogens with zero attached hydrogens (tertiary/aromatic N) is 1. The second-order valence-corrected chi connectivity index (χ2v) is 11.7. The molecule has 0 aliphatic carbocycles. The van der Waals surface area contributed by atoms with Crippen LogP contribution < -0.4 is 5.32 Å². The second kappa shape index (κ2) is 15.8. The summed E-state index contributed by atoms with van der Waals surface area (Å²) >= 11 is 0. The van der Waals surface area contributed by atoms with Gasteiger partial charge in [0.2, 0.25) is 6.41 Å². The van der Waals surface area contributed by atoms with Gasteiger partial charge in [0.1, 0.15) is 11.7 Å². The van der Waals surface area contributed by atoms with Gasteiger partial charge in [0.05, 0.1) is 12.6 Å². The van der Waals surface area contributed by atoms with Crippen molar-refractivity contribution in [1.82, 2.24) is 15.2 Å². The number of benzene rings is 4. The van der Waals surface area contributed by atoms with Crippen molar-refractivity contribution in [3.63, 3.8) is 0 Å². The average molecular weight is 602 g/mol. The molecule has 45 heavy (non-hydrogen) atoms. The molecule has 232 valence electrons. The summed E-state index contributed by atoms with van der Waals surface area (Å²) in [7, 11) is 0. The largest absolute Gasteiger partial charge is 0.381 e. The number of hydrogen-bond acceptors (Lipinski definition) is 4. The van der Waals surface area contributed by atoms with Gasteiger partial charge in [-0.3, -0.25) is 15.6 Å². The number of rotatable bonds is 10. The Balaban J connectivity index is 0.000000505. The second-order valence-electron chi connectivity index (χ2n) is 11.7. The van der Waals surface area contributed by atoms with Crippen molar-refractivity contribution >= 4 is 39.8 Å². The quantitative estimate of drug-likeness (QED) is 0.0757. The molecule has 6 rings (SSSR count). The van der Waals surface area contributed by atoms with Gasteiger partial charge in [-0.15, -0.1) is 0 Å². The van der Waals surface area contributed by atoms with E-state index in [9.17, 15) is 10.2 Å². The van der Waals surface area contributed by atoms with Crippen molar-refractivity contribution in [2.24, 2.45) is 5.92 Å². The van der Waals surface area contributed by atoms with Crippen molar-refractivity contribution in [3.8, 4) is 0 Å². The SMILES string of the molecule is CC1CCOCC1.N=C(CCc1ccccc1)N(Cc1cccc2ccccc12)C(=N)[C@@H](Cc1c[nH]c2ccccc12)NC=O. The number of carbonyl (C=O) groups excluding carboxylic acids is 1. The Labute approximate surface area is 265 Å². The van der Waals surface area contributed by atoms with Crippen LogP contribution in [0.5, 0.6) is 0 Å². The fraction of sp³-hybridized carbons (Fsp3) is 0.289. The first kappa shape index (κ1) is 31.7. The highest BCUT2D eigenvalue weighted by Crippen LogP contribution is 2.23. The van der Waals surface area contributed by atoms with Crippen molar-refractivity contribution < 1.29 is 9.53 Å². The van der Waals surface area contributed by atoms with E-state index in [1.807, 2.05) is 66.9 Å². The summed E-state index contributed by atoms with van der Waals surface area (Å²) in [5.74, 6) is 1.46. The van der Waals surface area contributed by atoms with Crippen LogP contribution in [0, 0.1) is 16.7 Å². The van der Waals surface area contributed by atoms with Crippen LogP contribution in [-0.2, 0) is 28.9 Å². The zero-order valence-electron chi connectivity index (χ0n) is 26.0. The lowest BCUT2D eigenvalue weighted by Gasteiger charge is -2.31. The van der Waals surface area contributed by atoms with Crippen LogP contribution in [0.4, 0.5) is 0 Å². The first-order chi connectivity index (χ1) is 22.0. The molecule has 1 fully saturated rings. The van der Waals surface area contributed by atoms with Crippen molar-refractivity contribution in [3.05, 3.63) is 120 Å². The maximum atomic E-state index is 11.7. The van der Waals surface area contributed by atoms with Gasteiger partial charge < -0.3 is 19.9 Å². The van der Waals surface area contributed by atoms with Gasteiger partial charge in [0.25, 0.3) is 0 Å². The molecule has 1 aromatic heterocycles. The van der Waals surface area contributed by atoms with E-state index in [0.29, 0.717) is 38.1 Å². The summed E-state index contributed by atoms with van der Waals surface area (Å²) in [5, 5.41) is 24.4. The summed E-state index contributed by atoms with van der Waals surface area (Å²) in [6.45, 7) is 4.63. The van der Waals surface area contributed by atoms with Crippen LogP contribution in [0.3, 0.4) is 0 Å². The molecule has 7 heteroatoms. The number of aryl methyl sites for hydroxylation is 1. The zero-order valence-corrected chi connectivity index (χ0v) is 26.0. The minimum Gasteiger partial charge on any atom is -0.381 e. The average Bonchev–Trinajstić information content (AvgIpc) is 3.49. The zero-order chi connectivity index (χ0) is 31.4. The number of hydrogen-bond donors (Lipinski definition) is 4. The Morgan fingerprint density at radius 3 is 2.33 bits per heavy atom. The summed E-state index contributed by atoms with van der Waals surface area (Å²) in [6, 6.07) is 31.8. The van der Waals surface area contributed by atoms with Gasteiger partial charge in [-0.25, -0.2) is 0 Å². The van der Waals surface area contributed by atoms with E-state index in [-0.39, 0.29) is 5.84 Å². The molecule has 4 N–H and O–H groups in total. The molecule has 1 atom stereocenters. The van der Waals surface area contributed by atoms with Crippen LogP contribution >= 0.6 is 0 Å². The third-order valence-electron chi connectivity index (χ3n) is 8.53. The van der Waals surface area contributed by atoms with Gasteiger partial charge in [-0.05, 0) is 58.7 Å². The van der Waals surface area contributed by atoms with Gasteiger partial charge in [0, 0.05) is 43.2 Å². The minimum atomic E-state index is -0.584. The number of H-pyrrole nitrogens is 1. The number of aromatic nitrogens is 1. The predicted octanol–water partition coefficient (Wildman–Crippen LogP) is 7.50. The Kier molecular flexibility index (Phi) is 11.1. The molecule has 0 saturated carbocycles. The van der Waals surface area contributed by atoms with Crippen LogP contribution in [-0.4, -0.2) is 47.2 Å². The molecule has 1 amide bonds. The Morgan fingerprint density at radius 2 is 1.60 bits per heavy atom. The highest BCUT2D eigenvalue weighted by molar-refractivity contribution is 6.02. The fourth-order valence-electron chi connectivity index (χ4n) is 5.81. The summed E-state index contributed by atoms with van der Waals surface area (Å²) < 4.78 is 5.14. The topological polar surface area (TPSA) is 105 Å². The number of carbonyl (C=O) groups is 1. The summed E-state index contributed by atoms with van der Waals surface area (Å²) in [4.78, 5) is 16.7. The monoisotopic (exact) mass is 601 g/mol. The number of aromatic amines is 1. The van der Waals surface area contributed by atoms with Gasteiger partial charge in [-0.2, -0.15) is 0 Å². The van der Waals surface area contributed by atoms with E-state index in [1.165, 1.54) is 12.8 Å². The van der Waals surface area contributed by atoms with Gasteiger partial charge in [0.15, 0.2) is 0 Å². The van der Waals surface area contributed by atoms with Crippen LogP contribution in [0.25, 0.3) is 21.7 Å². The standard InChI is InChI=1S/C32H31N5O.C6H12O/c33-31(18-17-23-9-2-1-3-10-23)37(21-25-13-8-12-24-11-4-5-14-27(24)25)32(34)30(36-22-38)19-26-20-35-29-16-7-6-15-28(26)29;1-6-2-4-7-5-3-6/h1-16,20,22,30,33-35H,17-19,21H2,(H,36,38);6H,2-5H2,1H3/t30-;/m1./s1. The minimum absolute atomic E-state index is 0.202. The van der Waals surface area contributed by atoms with E-state index in [0.717, 1.165) is 57.5 Å². The number of amides is 1. The predicted molar refractivity (Wildman–Crippen MR) is 184 cm³/mol. The van der Waals surface area contributed by atoms with Crippen molar-refractivity contribution in [2.75, 3.05) is 13.2 Å². The number of para-hydroxylation sites is 1. The normalized spacial score (nSPS) is 13.9. The number of nitrogens with one attached hydrogen (secondary N) is 4. The third-order valence-corrected chi connectivity index (χ3v) is 8.53. The molecule has 1 aliphatic rings. The molecule has 2 heterocycles. The van der Waals surface area contributed by atoms with E-state index in [4.69, 9.17) is 10.1 Å². The fourth-order valence-corrected chi connectivity index (χ4v) is 5.81. The molecule has 0 unspecified atom stereocenters. The van der Waals surface area contributed by atoms with Crippen LogP contribution in [0.2, 0.25) is 0 Å². The Morgan fingerprint density at radius 1 is 0.911 bits per heavy atom. The molecular weight excluding hydrogens is 558 g/mol. The molecule has 4 aromatic carbocycles. The lowest BCUT2D eigenvalue weighted by molar-refractivity contribution is -0.109. The van der Waals surface area contributed by atoms with Crippen molar-refractivity contribution in [1.29, 1.82) is 10.8 Å². The smallest absolute Gasteiger partial charge is 0.207 e. The van der Waals surface area contributed by atoms with E-state index in [2.05, 4.69) is 53.6 Å². The van der Waals surface area contributed by atoms with E-state index in [1.54, 1.807) is 4.90 Å². The molecule has 5 aromatic rings. The summed E-state index contributed by atoms with van der Waals surface area (Å²) in [6.07, 6.45) is 6.75. The number of fused-ring (bicyclic) bond motifs is 2. The van der Waals surface area contributed by atoms with Crippen molar-refractivity contribution in [2.45, 2.75) is 51.6 Å². The van der Waals surface area contributed by atoms with Crippen LogP contribution in [0.15, 0.2) is 103 Å². The van der Waals surface area contributed by atoms with E-state index < -0.39 is 6.04 Å². The first-order valence-electron chi connectivity index (χ1n) is 15.8. The van der Waals surface area contributed by atoms with Gasteiger partial charge >= 0.3 is 0 Å². The molecule has 0 radical (unpaired) electrons. The third kappa shape index (κ3) is 8.46. The molecule has 0 bridgehead atoms. The lowest BCUT2D eigenvalue weighted by atomic mass is 10.0. The molecule has 1 aliphatic heterocycles. The number of amidine groups is 2. The molecule has 1 saturated heterocycles.